The number of carbonyl (C=O) groups is 2. The zero-order valence-electron chi connectivity index (χ0n) is 14.2. The smallest absolute Gasteiger partial charge is 0.232 e. The van der Waals surface area contributed by atoms with E-state index in [1.54, 1.807) is 18.3 Å². The molecule has 4 rings (SSSR count). The van der Waals surface area contributed by atoms with E-state index >= 15 is 0 Å². The van der Waals surface area contributed by atoms with Gasteiger partial charge >= 0.3 is 0 Å². The standard InChI is InChI=1S/C18H25N3O2S/c1-14(22)21-10-16-9-19(8-15-4-7-24-11-15)12-18(16,13-21)17(23)20-5-2-3-6-20/h4,7,11,16H,2-3,5-6,8-10,12-13H2,1H3. The number of carbonyl (C=O) groups excluding carboxylic acids is 2. The molecule has 5 nitrogen and oxygen atoms in total. The fourth-order valence-corrected chi connectivity index (χ4v) is 5.37. The minimum Gasteiger partial charge on any atom is -0.342 e. The normalized spacial score (nSPS) is 30.1. The molecule has 0 saturated carbocycles. The van der Waals surface area contributed by atoms with E-state index in [2.05, 4.69) is 21.7 Å². The summed E-state index contributed by atoms with van der Waals surface area (Å²) >= 11 is 1.72. The third kappa shape index (κ3) is 2.65. The van der Waals surface area contributed by atoms with Crippen molar-refractivity contribution < 1.29 is 9.59 Å². The predicted molar refractivity (Wildman–Crippen MR) is 93.6 cm³/mol. The third-order valence-corrected chi connectivity index (χ3v) is 6.66. The summed E-state index contributed by atoms with van der Waals surface area (Å²) in [6.45, 7) is 7.34. The van der Waals surface area contributed by atoms with Crippen LogP contribution in [-0.2, 0) is 16.1 Å². The van der Waals surface area contributed by atoms with Crippen LogP contribution >= 0.6 is 11.3 Å². The summed E-state index contributed by atoms with van der Waals surface area (Å²) in [5, 5.41) is 4.29. The van der Waals surface area contributed by atoms with E-state index in [1.807, 2.05) is 9.80 Å². The molecular formula is C18H25N3O2S. The Bertz CT molecular complexity index is 626. The van der Waals surface area contributed by atoms with Crippen LogP contribution in [0.2, 0.25) is 0 Å². The summed E-state index contributed by atoms with van der Waals surface area (Å²) in [6.07, 6.45) is 2.23. The van der Waals surface area contributed by atoms with Gasteiger partial charge in [-0.05, 0) is 35.2 Å². The van der Waals surface area contributed by atoms with E-state index in [0.717, 1.165) is 52.1 Å². The van der Waals surface area contributed by atoms with Gasteiger partial charge in [0, 0.05) is 58.7 Å². The summed E-state index contributed by atoms with van der Waals surface area (Å²) in [4.78, 5) is 31.6. The molecule has 4 heterocycles. The number of likely N-dealkylation sites (tertiary alicyclic amines) is 3. The predicted octanol–water partition coefficient (Wildman–Crippen LogP) is 1.65. The van der Waals surface area contributed by atoms with Crippen LogP contribution in [0.3, 0.4) is 0 Å². The van der Waals surface area contributed by atoms with Crippen molar-refractivity contribution in [2.24, 2.45) is 11.3 Å². The molecule has 2 amide bonds. The minimum atomic E-state index is -0.383. The van der Waals surface area contributed by atoms with Crippen molar-refractivity contribution in [1.29, 1.82) is 0 Å². The lowest BCUT2D eigenvalue weighted by atomic mass is 9.79. The molecular weight excluding hydrogens is 322 g/mol. The number of nitrogens with zero attached hydrogens (tertiary/aromatic N) is 3. The molecule has 3 fully saturated rings. The highest BCUT2D eigenvalue weighted by atomic mass is 32.1. The average Bonchev–Trinajstić information content (AvgIpc) is 3.30. The van der Waals surface area contributed by atoms with Crippen LogP contribution in [0, 0.1) is 11.3 Å². The van der Waals surface area contributed by atoms with Gasteiger partial charge in [0.1, 0.15) is 0 Å². The Morgan fingerprint density at radius 2 is 2.00 bits per heavy atom. The van der Waals surface area contributed by atoms with Gasteiger partial charge in [-0.1, -0.05) is 0 Å². The highest BCUT2D eigenvalue weighted by Crippen LogP contribution is 2.45. The lowest BCUT2D eigenvalue weighted by molar-refractivity contribution is -0.141. The maximum absolute atomic E-state index is 13.3. The first-order valence-electron chi connectivity index (χ1n) is 8.87. The quantitative estimate of drug-likeness (QED) is 0.835. The third-order valence-electron chi connectivity index (χ3n) is 5.93. The van der Waals surface area contributed by atoms with Gasteiger partial charge in [0.25, 0.3) is 0 Å². The first-order chi connectivity index (χ1) is 11.6. The van der Waals surface area contributed by atoms with Crippen molar-refractivity contribution in [3.63, 3.8) is 0 Å². The molecule has 3 aliphatic rings. The summed E-state index contributed by atoms with van der Waals surface area (Å²) in [5.41, 5.74) is 0.943. The molecule has 0 aromatic carbocycles. The maximum atomic E-state index is 13.3. The number of amides is 2. The molecule has 1 aromatic rings. The Kier molecular flexibility index (Phi) is 4.12. The van der Waals surface area contributed by atoms with Gasteiger partial charge in [0.2, 0.25) is 11.8 Å². The molecule has 3 aliphatic heterocycles. The second kappa shape index (κ2) is 6.15. The van der Waals surface area contributed by atoms with Crippen LogP contribution in [0.15, 0.2) is 16.8 Å². The van der Waals surface area contributed by atoms with Crippen LogP contribution in [0.1, 0.15) is 25.3 Å². The largest absolute Gasteiger partial charge is 0.342 e. The SMILES string of the molecule is CC(=O)N1CC2CN(Cc3ccsc3)CC2(C(=O)N2CCCC2)C1. The number of hydrogen-bond donors (Lipinski definition) is 0. The van der Waals surface area contributed by atoms with E-state index in [-0.39, 0.29) is 17.2 Å². The zero-order valence-corrected chi connectivity index (χ0v) is 15.1. The Morgan fingerprint density at radius 3 is 2.67 bits per heavy atom. The second-order valence-electron chi connectivity index (χ2n) is 7.55. The van der Waals surface area contributed by atoms with Crippen molar-refractivity contribution in [1.82, 2.24) is 14.7 Å². The van der Waals surface area contributed by atoms with Gasteiger partial charge < -0.3 is 9.80 Å². The van der Waals surface area contributed by atoms with E-state index in [1.165, 1.54) is 5.56 Å². The van der Waals surface area contributed by atoms with Crippen molar-refractivity contribution >= 4 is 23.2 Å². The van der Waals surface area contributed by atoms with Gasteiger partial charge in [-0.25, -0.2) is 0 Å². The van der Waals surface area contributed by atoms with E-state index in [0.29, 0.717) is 12.5 Å². The number of rotatable bonds is 3. The van der Waals surface area contributed by atoms with Crippen molar-refractivity contribution in [2.45, 2.75) is 26.3 Å². The molecule has 1 aromatic heterocycles. The highest BCUT2D eigenvalue weighted by molar-refractivity contribution is 7.07. The summed E-state index contributed by atoms with van der Waals surface area (Å²) in [6, 6.07) is 2.16. The summed E-state index contributed by atoms with van der Waals surface area (Å²) < 4.78 is 0. The molecule has 130 valence electrons. The molecule has 0 aliphatic carbocycles. The number of thiophene rings is 1. The van der Waals surface area contributed by atoms with Gasteiger partial charge in [0.15, 0.2) is 0 Å². The lowest BCUT2D eigenvalue weighted by Gasteiger charge is -2.32. The van der Waals surface area contributed by atoms with Crippen LogP contribution in [0.5, 0.6) is 0 Å². The molecule has 24 heavy (non-hydrogen) atoms. The number of hydrogen-bond acceptors (Lipinski definition) is 4. The molecule has 6 heteroatoms. The summed E-state index contributed by atoms with van der Waals surface area (Å²) in [7, 11) is 0. The first-order valence-corrected chi connectivity index (χ1v) is 9.81. The van der Waals surface area contributed by atoms with Gasteiger partial charge in [-0.2, -0.15) is 11.3 Å². The maximum Gasteiger partial charge on any atom is 0.232 e. The van der Waals surface area contributed by atoms with E-state index < -0.39 is 0 Å². The van der Waals surface area contributed by atoms with Crippen LogP contribution in [0.4, 0.5) is 0 Å². The molecule has 0 radical (unpaired) electrons. The lowest BCUT2D eigenvalue weighted by Crippen LogP contribution is -2.49. The molecule has 0 bridgehead atoms. The fraction of sp³-hybridized carbons (Fsp3) is 0.667. The fourth-order valence-electron chi connectivity index (χ4n) is 4.71. The van der Waals surface area contributed by atoms with Crippen LogP contribution < -0.4 is 0 Å². The Hall–Kier alpha value is -1.40. The van der Waals surface area contributed by atoms with Gasteiger partial charge in [-0.3, -0.25) is 14.5 Å². The van der Waals surface area contributed by atoms with E-state index in [4.69, 9.17) is 0 Å². The zero-order chi connectivity index (χ0) is 16.7. The molecule has 0 spiro atoms. The van der Waals surface area contributed by atoms with E-state index in [9.17, 15) is 9.59 Å². The van der Waals surface area contributed by atoms with Crippen molar-refractivity contribution in [2.75, 3.05) is 39.3 Å². The molecule has 0 N–H and O–H groups in total. The topological polar surface area (TPSA) is 43.9 Å². The molecule has 2 unspecified atom stereocenters. The van der Waals surface area contributed by atoms with Crippen molar-refractivity contribution in [3.8, 4) is 0 Å². The van der Waals surface area contributed by atoms with Crippen LogP contribution in [0.25, 0.3) is 0 Å². The molecule has 2 atom stereocenters. The first kappa shape index (κ1) is 16.1. The number of fused-ring (bicyclic) bond motifs is 1. The van der Waals surface area contributed by atoms with Crippen molar-refractivity contribution in [3.05, 3.63) is 22.4 Å². The summed E-state index contributed by atoms with van der Waals surface area (Å²) in [5.74, 6) is 0.664. The Morgan fingerprint density at radius 1 is 1.21 bits per heavy atom. The Labute approximate surface area is 147 Å². The average molecular weight is 347 g/mol. The minimum absolute atomic E-state index is 0.0994. The van der Waals surface area contributed by atoms with Gasteiger partial charge in [-0.15, -0.1) is 0 Å². The van der Waals surface area contributed by atoms with Crippen LogP contribution in [-0.4, -0.2) is 65.8 Å². The molecule has 3 saturated heterocycles. The monoisotopic (exact) mass is 347 g/mol. The highest BCUT2D eigenvalue weighted by Gasteiger charge is 2.58. The second-order valence-corrected chi connectivity index (χ2v) is 8.33. The van der Waals surface area contributed by atoms with Gasteiger partial charge in [0.05, 0.1) is 5.41 Å². The Balaban J connectivity index is 1.56.